The van der Waals surface area contributed by atoms with Gasteiger partial charge in [0.1, 0.15) is 16.6 Å². The van der Waals surface area contributed by atoms with Crippen molar-refractivity contribution in [1.82, 2.24) is 9.97 Å². The van der Waals surface area contributed by atoms with Crippen LogP contribution in [0.4, 0.5) is 21.7 Å². The second-order valence-corrected chi connectivity index (χ2v) is 4.52. The summed E-state index contributed by atoms with van der Waals surface area (Å²) in [7, 11) is 0. The normalized spacial score (nSPS) is 10.3. The highest BCUT2D eigenvalue weighted by Crippen LogP contribution is 2.33. The minimum atomic E-state index is -0.272. The standard InChI is InChI=1S/C12H13BrFN5/c1-2-19(9-5-3-8(14)4-6-9)12-10(13)11(18-15)16-7-17-12/h3-7H,2,15H2,1H3,(H,16,17,18). The summed E-state index contributed by atoms with van der Waals surface area (Å²) in [6.45, 7) is 2.65. The number of benzene rings is 1. The Kier molecular flexibility index (Phi) is 4.28. The van der Waals surface area contributed by atoms with Crippen molar-refractivity contribution < 1.29 is 4.39 Å². The van der Waals surface area contributed by atoms with Gasteiger partial charge >= 0.3 is 0 Å². The molecule has 0 saturated carbocycles. The minimum absolute atomic E-state index is 0.272. The van der Waals surface area contributed by atoms with Gasteiger partial charge in [-0.3, -0.25) is 0 Å². The number of anilines is 3. The molecule has 0 spiro atoms. The van der Waals surface area contributed by atoms with Gasteiger partial charge in [0.15, 0.2) is 11.6 Å². The van der Waals surface area contributed by atoms with E-state index in [1.54, 1.807) is 12.1 Å². The fraction of sp³-hybridized carbons (Fsp3) is 0.167. The fourth-order valence-electron chi connectivity index (χ4n) is 1.73. The van der Waals surface area contributed by atoms with Crippen LogP contribution in [-0.2, 0) is 0 Å². The molecule has 0 aliphatic heterocycles. The summed E-state index contributed by atoms with van der Waals surface area (Å²) < 4.78 is 13.6. The highest BCUT2D eigenvalue weighted by molar-refractivity contribution is 9.10. The highest BCUT2D eigenvalue weighted by Gasteiger charge is 2.15. The molecular formula is C12H13BrFN5. The van der Waals surface area contributed by atoms with Gasteiger partial charge in [0, 0.05) is 12.2 Å². The number of nitrogen functional groups attached to an aromatic ring is 1. The molecule has 5 nitrogen and oxygen atoms in total. The van der Waals surface area contributed by atoms with E-state index in [-0.39, 0.29) is 5.82 Å². The molecule has 0 radical (unpaired) electrons. The van der Waals surface area contributed by atoms with E-state index >= 15 is 0 Å². The first-order valence-corrected chi connectivity index (χ1v) is 6.47. The average molecular weight is 326 g/mol. The lowest BCUT2D eigenvalue weighted by atomic mass is 10.2. The van der Waals surface area contributed by atoms with Crippen LogP contribution in [0.2, 0.25) is 0 Å². The molecule has 3 N–H and O–H groups in total. The Morgan fingerprint density at radius 3 is 2.58 bits per heavy atom. The summed E-state index contributed by atoms with van der Waals surface area (Å²) in [5.74, 6) is 6.26. The number of hydrogen-bond donors (Lipinski definition) is 2. The van der Waals surface area contributed by atoms with E-state index < -0.39 is 0 Å². The van der Waals surface area contributed by atoms with Gasteiger partial charge in [-0.1, -0.05) is 0 Å². The van der Waals surface area contributed by atoms with Crippen molar-refractivity contribution in [1.29, 1.82) is 0 Å². The Bertz CT molecular complexity index is 561. The van der Waals surface area contributed by atoms with Crippen LogP contribution < -0.4 is 16.2 Å². The Labute approximate surface area is 118 Å². The molecule has 0 amide bonds. The van der Waals surface area contributed by atoms with Gasteiger partial charge in [0.2, 0.25) is 0 Å². The van der Waals surface area contributed by atoms with Gasteiger partial charge in [0.25, 0.3) is 0 Å². The lowest BCUT2D eigenvalue weighted by Crippen LogP contribution is -2.19. The van der Waals surface area contributed by atoms with Gasteiger partial charge in [-0.25, -0.2) is 20.2 Å². The molecule has 19 heavy (non-hydrogen) atoms. The SMILES string of the molecule is CCN(c1ccc(F)cc1)c1ncnc(NN)c1Br. The molecule has 2 aromatic rings. The molecule has 0 aliphatic carbocycles. The summed E-state index contributed by atoms with van der Waals surface area (Å²) >= 11 is 3.41. The van der Waals surface area contributed by atoms with Crippen molar-refractivity contribution in [2.45, 2.75) is 6.92 Å². The number of nitrogens with two attached hydrogens (primary N) is 1. The van der Waals surface area contributed by atoms with Crippen LogP contribution in [0.5, 0.6) is 0 Å². The maximum absolute atomic E-state index is 13.0. The van der Waals surface area contributed by atoms with Crippen molar-refractivity contribution in [3.05, 3.63) is 40.9 Å². The lowest BCUT2D eigenvalue weighted by Gasteiger charge is -2.23. The molecular weight excluding hydrogens is 313 g/mol. The largest absolute Gasteiger partial charge is 0.326 e. The average Bonchev–Trinajstić information content (AvgIpc) is 2.43. The van der Waals surface area contributed by atoms with Crippen LogP contribution in [0.15, 0.2) is 35.1 Å². The quantitative estimate of drug-likeness (QED) is 0.668. The maximum atomic E-state index is 13.0. The maximum Gasteiger partial charge on any atom is 0.159 e. The van der Waals surface area contributed by atoms with Crippen molar-refractivity contribution in [3.8, 4) is 0 Å². The van der Waals surface area contributed by atoms with Crippen molar-refractivity contribution in [2.75, 3.05) is 16.9 Å². The molecule has 0 fully saturated rings. The second-order valence-electron chi connectivity index (χ2n) is 3.72. The van der Waals surface area contributed by atoms with Crippen LogP contribution >= 0.6 is 15.9 Å². The van der Waals surface area contributed by atoms with E-state index in [1.165, 1.54) is 18.5 Å². The lowest BCUT2D eigenvalue weighted by molar-refractivity contribution is 0.627. The monoisotopic (exact) mass is 325 g/mol. The zero-order valence-corrected chi connectivity index (χ0v) is 11.9. The van der Waals surface area contributed by atoms with Gasteiger partial charge in [0.05, 0.1) is 0 Å². The number of aromatic nitrogens is 2. The number of nitrogens with one attached hydrogen (secondary N) is 1. The summed E-state index contributed by atoms with van der Waals surface area (Å²) in [5.41, 5.74) is 3.33. The molecule has 7 heteroatoms. The molecule has 0 saturated heterocycles. The molecule has 100 valence electrons. The number of halogens is 2. The summed E-state index contributed by atoms with van der Waals surface area (Å²) in [6, 6.07) is 6.22. The smallest absolute Gasteiger partial charge is 0.159 e. The minimum Gasteiger partial charge on any atom is -0.326 e. The molecule has 1 aromatic heterocycles. The second kappa shape index (κ2) is 5.94. The number of nitrogens with zero attached hydrogens (tertiary/aromatic N) is 3. The third-order valence-corrected chi connectivity index (χ3v) is 3.35. The van der Waals surface area contributed by atoms with Gasteiger partial charge in [-0.05, 0) is 47.1 Å². The summed E-state index contributed by atoms with van der Waals surface area (Å²) in [6.07, 6.45) is 1.42. The Morgan fingerprint density at radius 2 is 2.00 bits per heavy atom. The van der Waals surface area contributed by atoms with Crippen molar-refractivity contribution in [3.63, 3.8) is 0 Å². The first-order chi connectivity index (χ1) is 9.17. The number of rotatable bonds is 4. The first kappa shape index (κ1) is 13.7. The zero-order valence-electron chi connectivity index (χ0n) is 10.3. The third kappa shape index (κ3) is 2.82. The molecule has 0 aliphatic rings. The van der Waals surface area contributed by atoms with Gasteiger partial charge in [-0.15, -0.1) is 0 Å². The molecule has 1 aromatic carbocycles. The van der Waals surface area contributed by atoms with Crippen LogP contribution in [0.3, 0.4) is 0 Å². The fourth-order valence-corrected chi connectivity index (χ4v) is 2.26. The molecule has 1 heterocycles. The third-order valence-electron chi connectivity index (χ3n) is 2.62. The summed E-state index contributed by atoms with van der Waals surface area (Å²) in [4.78, 5) is 10.2. The van der Waals surface area contributed by atoms with Crippen molar-refractivity contribution >= 4 is 33.3 Å². The Morgan fingerprint density at radius 1 is 1.32 bits per heavy atom. The van der Waals surface area contributed by atoms with Crippen LogP contribution in [0, 0.1) is 5.82 Å². The molecule has 0 bridgehead atoms. The van der Waals surface area contributed by atoms with Crippen LogP contribution in [0.1, 0.15) is 6.92 Å². The van der Waals surface area contributed by atoms with E-state index in [0.29, 0.717) is 22.7 Å². The zero-order chi connectivity index (χ0) is 13.8. The van der Waals surface area contributed by atoms with E-state index in [0.717, 1.165) is 5.69 Å². The molecule has 2 rings (SSSR count). The van der Waals surface area contributed by atoms with E-state index in [2.05, 4.69) is 31.3 Å². The molecule has 0 unspecified atom stereocenters. The van der Waals surface area contributed by atoms with E-state index in [9.17, 15) is 4.39 Å². The number of hydrazine groups is 1. The van der Waals surface area contributed by atoms with Gasteiger partial charge in [-0.2, -0.15) is 0 Å². The van der Waals surface area contributed by atoms with E-state index in [1.807, 2.05) is 11.8 Å². The Hall–Kier alpha value is -1.73. The summed E-state index contributed by atoms with van der Waals surface area (Å²) in [5, 5.41) is 0. The highest BCUT2D eigenvalue weighted by atomic mass is 79.9. The predicted octanol–water partition coefficient (Wildman–Crippen LogP) is 2.82. The molecule has 0 atom stereocenters. The van der Waals surface area contributed by atoms with Crippen LogP contribution in [-0.4, -0.2) is 16.5 Å². The van der Waals surface area contributed by atoms with E-state index in [4.69, 9.17) is 5.84 Å². The Balaban J connectivity index is 2.45. The first-order valence-electron chi connectivity index (χ1n) is 5.67. The topological polar surface area (TPSA) is 67.1 Å². The van der Waals surface area contributed by atoms with Gasteiger partial charge < -0.3 is 10.3 Å². The number of hydrogen-bond acceptors (Lipinski definition) is 5. The van der Waals surface area contributed by atoms with Crippen molar-refractivity contribution in [2.24, 2.45) is 5.84 Å². The predicted molar refractivity (Wildman–Crippen MR) is 76.6 cm³/mol. The van der Waals surface area contributed by atoms with Crippen LogP contribution in [0.25, 0.3) is 0 Å².